The Kier molecular flexibility index (Phi) is 3.28. The molecule has 2 saturated carbocycles. The largest absolute Gasteiger partial charge is 0.431 e. The smallest absolute Gasteiger partial charge is 0.411 e. The fourth-order valence-corrected chi connectivity index (χ4v) is 5.09. The number of rotatable bonds is 4. The van der Waals surface area contributed by atoms with E-state index < -0.39 is 5.60 Å². The Bertz CT molecular complexity index is 786. The molecule has 26 heavy (non-hydrogen) atoms. The highest BCUT2D eigenvalue weighted by Gasteiger charge is 2.71. The fraction of sp³-hybridized carbons (Fsp3) is 0.435. The molecule has 3 nitrogen and oxygen atoms in total. The number of carbonyl (C=O) groups is 1. The molecule has 2 aliphatic carbocycles. The van der Waals surface area contributed by atoms with Gasteiger partial charge >= 0.3 is 6.09 Å². The van der Waals surface area contributed by atoms with Gasteiger partial charge in [-0.1, -0.05) is 74.5 Å². The van der Waals surface area contributed by atoms with Crippen molar-refractivity contribution in [2.45, 2.75) is 50.8 Å². The summed E-state index contributed by atoms with van der Waals surface area (Å²) in [5.74, 6) is 0.290. The van der Waals surface area contributed by atoms with E-state index in [0.29, 0.717) is 17.4 Å². The molecule has 2 aromatic carbocycles. The van der Waals surface area contributed by atoms with Crippen molar-refractivity contribution in [3.63, 3.8) is 0 Å². The van der Waals surface area contributed by atoms with E-state index in [2.05, 4.69) is 43.0 Å². The van der Waals surface area contributed by atoms with E-state index in [0.717, 1.165) is 17.5 Å². The van der Waals surface area contributed by atoms with Crippen molar-refractivity contribution in [1.82, 2.24) is 4.90 Å². The second-order valence-corrected chi connectivity index (χ2v) is 8.51. The first-order valence-electron chi connectivity index (χ1n) is 9.71. The quantitative estimate of drug-likeness (QED) is 0.782. The second kappa shape index (κ2) is 5.35. The predicted octanol–water partition coefficient (Wildman–Crippen LogP) is 4.96. The predicted molar refractivity (Wildman–Crippen MR) is 101 cm³/mol. The van der Waals surface area contributed by atoms with Crippen molar-refractivity contribution in [3.05, 3.63) is 71.8 Å². The zero-order valence-corrected chi connectivity index (χ0v) is 15.4. The van der Waals surface area contributed by atoms with E-state index in [4.69, 9.17) is 4.74 Å². The normalized spacial score (nSPS) is 27.7. The first-order valence-corrected chi connectivity index (χ1v) is 9.71. The molecule has 1 amide bonds. The van der Waals surface area contributed by atoms with Crippen LogP contribution in [0.4, 0.5) is 4.79 Å². The summed E-state index contributed by atoms with van der Waals surface area (Å²) in [6.45, 7) is 4.42. The first kappa shape index (κ1) is 15.9. The maximum absolute atomic E-state index is 13.2. The van der Waals surface area contributed by atoms with Crippen molar-refractivity contribution < 1.29 is 9.53 Å². The van der Waals surface area contributed by atoms with Gasteiger partial charge in [-0.05, 0) is 30.6 Å². The zero-order valence-electron chi connectivity index (χ0n) is 15.4. The van der Waals surface area contributed by atoms with Gasteiger partial charge in [0.1, 0.15) is 0 Å². The van der Waals surface area contributed by atoms with Gasteiger partial charge in [0.15, 0.2) is 5.60 Å². The summed E-state index contributed by atoms with van der Waals surface area (Å²) in [6, 6.07) is 20.9. The number of nitrogens with zero attached hydrogens (tertiary/aromatic N) is 1. The summed E-state index contributed by atoms with van der Waals surface area (Å²) in [6.07, 6.45) is 3.52. The van der Waals surface area contributed by atoms with E-state index in [1.54, 1.807) is 0 Å². The Labute approximate surface area is 155 Å². The van der Waals surface area contributed by atoms with Crippen molar-refractivity contribution in [2.24, 2.45) is 11.3 Å². The molecule has 3 heteroatoms. The van der Waals surface area contributed by atoms with Gasteiger partial charge in [-0.25, -0.2) is 4.79 Å². The maximum Gasteiger partial charge on any atom is 0.411 e. The molecule has 0 radical (unpaired) electrons. The van der Waals surface area contributed by atoms with E-state index >= 15 is 0 Å². The lowest BCUT2D eigenvalue weighted by molar-refractivity contribution is 0.0541. The van der Waals surface area contributed by atoms with E-state index in [9.17, 15) is 4.79 Å². The van der Waals surface area contributed by atoms with Crippen LogP contribution >= 0.6 is 0 Å². The average Bonchev–Trinajstić information content (AvgIpc) is 3.56. The summed E-state index contributed by atoms with van der Waals surface area (Å²) < 4.78 is 6.32. The van der Waals surface area contributed by atoms with Gasteiger partial charge in [-0.15, -0.1) is 0 Å². The van der Waals surface area contributed by atoms with Crippen LogP contribution in [0.15, 0.2) is 60.7 Å². The van der Waals surface area contributed by atoms with Crippen LogP contribution in [0.5, 0.6) is 0 Å². The third-order valence-electron chi connectivity index (χ3n) is 6.59. The summed E-state index contributed by atoms with van der Waals surface area (Å²) in [7, 11) is 0. The zero-order chi connectivity index (χ0) is 17.9. The molecule has 3 fully saturated rings. The fourth-order valence-electron chi connectivity index (χ4n) is 5.09. The molecule has 1 spiro atoms. The minimum absolute atomic E-state index is 0.00442. The minimum Gasteiger partial charge on any atom is -0.431 e. The summed E-state index contributed by atoms with van der Waals surface area (Å²) in [5.41, 5.74) is 1.79. The van der Waals surface area contributed by atoms with Crippen LogP contribution in [0, 0.1) is 11.3 Å². The number of amides is 1. The van der Waals surface area contributed by atoms with Crippen molar-refractivity contribution in [2.75, 3.05) is 0 Å². The van der Waals surface area contributed by atoms with Gasteiger partial charge in [-0.2, -0.15) is 0 Å². The SMILES string of the molecule is CC(C)[C@@H]1N([C@@H]2CC23CC3)C(=O)OC1(c1ccccc1)c1ccccc1. The molecular weight excluding hydrogens is 322 g/mol. The Hall–Kier alpha value is -2.29. The number of hydrogen-bond donors (Lipinski definition) is 0. The van der Waals surface area contributed by atoms with Gasteiger partial charge in [0.25, 0.3) is 0 Å². The summed E-state index contributed by atoms with van der Waals surface area (Å²) in [5, 5.41) is 0. The molecule has 0 N–H and O–H groups in total. The molecule has 0 unspecified atom stereocenters. The van der Waals surface area contributed by atoms with E-state index in [-0.39, 0.29) is 12.1 Å². The van der Waals surface area contributed by atoms with Crippen molar-refractivity contribution in [1.29, 1.82) is 0 Å². The van der Waals surface area contributed by atoms with Crippen molar-refractivity contribution in [3.8, 4) is 0 Å². The molecule has 134 valence electrons. The lowest BCUT2D eigenvalue weighted by atomic mass is 9.75. The number of ether oxygens (including phenoxy) is 1. The third kappa shape index (κ3) is 2.09. The van der Waals surface area contributed by atoms with Crippen LogP contribution in [-0.4, -0.2) is 23.1 Å². The number of carbonyl (C=O) groups excluding carboxylic acids is 1. The van der Waals surface area contributed by atoms with Gasteiger partial charge < -0.3 is 4.74 Å². The highest BCUT2D eigenvalue weighted by Crippen LogP contribution is 2.69. The highest BCUT2D eigenvalue weighted by atomic mass is 16.6. The molecule has 5 rings (SSSR count). The Morgan fingerprint density at radius 1 is 0.962 bits per heavy atom. The van der Waals surface area contributed by atoms with Crippen LogP contribution in [-0.2, 0) is 10.3 Å². The number of hydrogen-bond acceptors (Lipinski definition) is 2. The van der Waals surface area contributed by atoms with Crippen LogP contribution < -0.4 is 0 Å². The van der Waals surface area contributed by atoms with E-state index in [1.165, 1.54) is 12.8 Å². The summed E-state index contributed by atoms with van der Waals surface area (Å²) >= 11 is 0. The summed E-state index contributed by atoms with van der Waals surface area (Å²) in [4.78, 5) is 15.2. The Morgan fingerprint density at radius 3 is 1.92 bits per heavy atom. The maximum atomic E-state index is 13.2. The molecular formula is C23H25NO2. The standard InChI is InChI=1S/C23H25NO2/c1-16(2)20-23(17-9-5-3-6-10-17,18-11-7-4-8-12-18)26-21(25)24(20)19-15-22(19)13-14-22/h3-12,16,19-20H,13-15H2,1-2H3/t19-,20+/m1/s1. The molecule has 0 bridgehead atoms. The lowest BCUT2D eigenvalue weighted by Crippen LogP contribution is -2.48. The topological polar surface area (TPSA) is 29.5 Å². The van der Waals surface area contributed by atoms with Gasteiger partial charge in [-0.3, -0.25) is 4.90 Å². The van der Waals surface area contributed by atoms with Gasteiger partial charge in [0.05, 0.1) is 6.04 Å². The molecule has 0 aromatic heterocycles. The van der Waals surface area contributed by atoms with Crippen LogP contribution in [0.25, 0.3) is 0 Å². The third-order valence-corrected chi connectivity index (χ3v) is 6.59. The monoisotopic (exact) mass is 347 g/mol. The van der Waals surface area contributed by atoms with Crippen LogP contribution in [0.3, 0.4) is 0 Å². The molecule has 1 aliphatic heterocycles. The second-order valence-electron chi connectivity index (χ2n) is 8.51. The molecule has 3 aliphatic rings. The highest BCUT2D eigenvalue weighted by molar-refractivity contribution is 5.75. The molecule has 2 aromatic rings. The molecule has 2 atom stereocenters. The average molecular weight is 347 g/mol. The van der Waals surface area contributed by atoms with E-state index in [1.807, 2.05) is 36.4 Å². The van der Waals surface area contributed by atoms with Crippen LogP contribution in [0.1, 0.15) is 44.2 Å². The molecule has 1 saturated heterocycles. The molecule has 1 heterocycles. The Balaban J connectivity index is 1.69. The first-order chi connectivity index (χ1) is 12.6. The Morgan fingerprint density at radius 2 is 1.50 bits per heavy atom. The van der Waals surface area contributed by atoms with Crippen molar-refractivity contribution >= 4 is 6.09 Å². The van der Waals surface area contributed by atoms with Crippen LogP contribution in [0.2, 0.25) is 0 Å². The number of benzene rings is 2. The lowest BCUT2D eigenvalue weighted by Gasteiger charge is -2.38. The minimum atomic E-state index is -0.744. The number of cyclic esters (lactones) is 1. The van der Waals surface area contributed by atoms with Gasteiger partial charge in [0, 0.05) is 17.2 Å². The van der Waals surface area contributed by atoms with Gasteiger partial charge in [0.2, 0.25) is 0 Å².